The van der Waals surface area contributed by atoms with Crippen LogP contribution in [0.15, 0.2) is 164 Å². The lowest BCUT2D eigenvalue weighted by molar-refractivity contribution is -0.0399. The fourth-order valence-electron chi connectivity index (χ4n) is 17.3. The number of rotatable bonds is 5. The summed E-state index contributed by atoms with van der Waals surface area (Å²) in [5.74, 6) is 6.92. The molecule has 7 aromatic rings. The average molecular weight is 814 g/mol. The Balaban J connectivity index is 0.835. The van der Waals surface area contributed by atoms with Gasteiger partial charge in [-0.05, 0) is 221 Å². The third-order valence-electron chi connectivity index (χ3n) is 19.0. The number of fused-ring (bicyclic) bond motifs is 6. The van der Waals surface area contributed by atoms with E-state index in [2.05, 4.69) is 169 Å². The van der Waals surface area contributed by atoms with Crippen molar-refractivity contribution in [2.75, 3.05) is 4.90 Å². The molecule has 308 valence electrons. The van der Waals surface area contributed by atoms with Crippen LogP contribution in [0, 0.1) is 47.3 Å². The van der Waals surface area contributed by atoms with Gasteiger partial charge in [0.15, 0.2) is 0 Å². The fourth-order valence-corrected chi connectivity index (χ4v) is 17.3. The normalized spacial score (nSPS) is 31.6. The summed E-state index contributed by atoms with van der Waals surface area (Å²) in [4.78, 5) is 2.51. The van der Waals surface area contributed by atoms with Crippen molar-refractivity contribution >= 4 is 17.1 Å². The second-order valence-corrected chi connectivity index (χ2v) is 21.7. The summed E-state index contributed by atoms with van der Waals surface area (Å²) in [5.41, 5.74) is 21.6. The van der Waals surface area contributed by atoms with Crippen LogP contribution in [0.1, 0.15) is 86.5 Å². The molecule has 63 heavy (non-hydrogen) atoms. The van der Waals surface area contributed by atoms with Crippen LogP contribution in [0.3, 0.4) is 0 Å². The molecule has 8 bridgehead atoms. The molecule has 0 amide bonds. The van der Waals surface area contributed by atoms with Gasteiger partial charge >= 0.3 is 0 Å². The van der Waals surface area contributed by atoms with E-state index in [1.54, 1.807) is 22.3 Å². The van der Waals surface area contributed by atoms with Gasteiger partial charge in [0.05, 0.1) is 0 Å². The largest absolute Gasteiger partial charge is 0.310 e. The van der Waals surface area contributed by atoms with E-state index >= 15 is 0 Å². The van der Waals surface area contributed by atoms with Crippen molar-refractivity contribution in [3.63, 3.8) is 0 Å². The summed E-state index contributed by atoms with van der Waals surface area (Å²) in [6, 6.07) is 63.9. The van der Waals surface area contributed by atoms with E-state index in [0.29, 0.717) is 0 Å². The van der Waals surface area contributed by atoms with Crippen LogP contribution in [-0.4, -0.2) is 0 Å². The van der Waals surface area contributed by atoms with Gasteiger partial charge in [0, 0.05) is 27.9 Å². The Hall–Kier alpha value is -5.66. The highest BCUT2D eigenvalue weighted by atomic mass is 15.1. The highest BCUT2D eigenvalue weighted by Crippen LogP contribution is 2.71. The van der Waals surface area contributed by atoms with Gasteiger partial charge in [-0.25, -0.2) is 0 Å². The minimum absolute atomic E-state index is 0.174. The Labute approximate surface area is 373 Å². The van der Waals surface area contributed by atoms with E-state index < -0.39 is 0 Å². The highest BCUT2D eigenvalue weighted by molar-refractivity contribution is 5.89. The molecule has 1 heteroatoms. The zero-order valence-corrected chi connectivity index (χ0v) is 36.2. The van der Waals surface area contributed by atoms with Crippen LogP contribution in [0.5, 0.6) is 0 Å². The lowest BCUT2D eigenvalue weighted by Gasteiger charge is -2.61. The van der Waals surface area contributed by atoms with E-state index in [1.165, 1.54) is 126 Å². The summed E-state index contributed by atoms with van der Waals surface area (Å²) in [6.45, 7) is 0. The molecule has 1 nitrogen and oxygen atoms in total. The first-order valence-electron chi connectivity index (χ1n) is 24.7. The molecule has 7 aromatic carbocycles. The van der Waals surface area contributed by atoms with Crippen molar-refractivity contribution < 1.29 is 0 Å². The first kappa shape index (κ1) is 35.8. The molecular weight excluding hydrogens is 759 g/mol. The van der Waals surface area contributed by atoms with Gasteiger partial charge in [-0.1, -0.05) is 121 Å². The summed E-state index contributed by atoms with van der Waals surface area (Å²) in [5, 5.41) is 0. The van der Waals surface area contributed by atoms with E-state index in [9.17, 15) is 0 Å². The first-order valence-corrected chi connectivity index (χ1v) is 24.7. The van der Waals surface area contributed by atoms with Crippen molar-refractivity contribution in [1.82, 2.24) is 0 Å². The van der Waals surface area contributed by atoms with Gasteiger partial charge in [-0.3, -0.25) is 0 Å². The second-order valence-electron chi connectivity index (χ2n) is 21.7. The lowest BCUT2D eigenvalue weighted by atomic mass is 9.43. The second kappa shape index (κ2) is 13.0. The molecule has 0 aliphatic heterocycles. The standard InChI is InChI=1S/C62H55N/c1-2-8-42(9-3-1)43-14-19-50(20-15-43)63(52-23-25-60-56(37-52)54-11-5-7-13-58(54)62(60)48-32-40-27-41(34-48)35-49(62)33-40)51-21-16-44(17-22-51)45-18-24-59-55(36-45)53-10-4-6-12-57(53)61(59)46-28-38-26-39(30-46)31-47(61)29-38/h1-25,36-41,46-49H,26-35H2. The van der Waals surface area contributed by atoms with Gasteiger partial charge in [-0.15, -0.1) is 0 Å². The molecule has 8 saturated carbocycles. The zero-order chi connectivity index (χ0) is 41.0. The molecule has 0 saturated heterocycles. The van der Waals surface area contributed by atoms with Crippen LogP contribution in [0.25, 0.3) is 44.5 Å². The third-order valence-corrected chi connectivity index (χ3v) is 19.0. The molecule has 0 aromatic heterocycles. The number of hydrogen-bond donors (Lipinski definition) is 0. The quantitative estimate of drug-likeness (QED) is 0.167. The van der Waals surface area contributed by atoms with Crippen molar-refractivity contribution in [2.24, 2.45) is 47.3 Å². The molecule has 10 aliphatic rings. The Kier molecular flexibility index (Phi) is 7.36. The summed E-state index contributed by atoms with van der Waals surface area (Å²) in [6.07, 6.45) is 14.3. The van der Waals surface area contributed by atoms with Crippen LogP contribution in [-0.2, 0) is 10.8 Å². The minimum atomic E-state index is 0.174. The third kappa shape index (κ3) is 4.79. The lowest BCUT2D eigenvalue weighted by Crippen LogP contribution is -2.55. The van der Waals surface area contributed by atoms with Gasteiger partial charge in [0.25, 0.3) is 0 Å². The molecule has 2 spiro atoms. The van der Waals surface area contributed by atoms with E-state index in [0.717, 1.165) is 47.3 Å². The maximum atomic E-state index is 2.57. The van der Waals surface area contributed by atoms with Crippen LogP contribution in [0.2, 0.25) is 0 Å². The Morgan fingerprint density at radius 3 is 1.16 bits per heavy atom. The van der Waals surface area contributed by atoms with Gasteiger partial charge in [0.2, 0.25) is 0 Å². The molecule has 0 heterocycles. The molecular formula is C62H55N. The summed E-state index contributed by atoms with van der Waals surface area (Å²) >= 11 is 0. The number of hydrogen-bond acceptors (Lipinski definition) is 1. The molecule has 0 radical (unpaired) electrons. The van der Waals surface area contributed by atoms with Crippen molar-refractivity contribution in [3.05, 3.63) is 186 Å². The topological polar surface area (TPSA) is 3.24 Å². The maximum absolute atomic E-state index is 2.57. The van der Waals surface area contributed by atoms with E-state index in [1.807, 2.05) is 0 Å². The molecule has 10 aliphatic carbocycles. The van der Waals surface area contributed by atoms with Crippen molar-refractivity contribution in [2.45, 2.75) is 75.0 Å². The number of anilines is 3. The Bertz CT molecular complexity index is 2910. The minimum Gasteiger partial charge on any atom is -0.310 e. The molecule has 8 fully saturated rings. The number of benzene rings is 7. The molecule has 17 rings (SSSR count). The SMILES string of the molecule is c1ccc(-c2ccc(N(c3ccc(-c4ccc5c(c4)-c4ccccc4C54C5CC6CC(C5)CC4C6)cc3)c3ccc4c(c3)-c3ccccc3C43C4CC5CC(C4)CC3C5)cc2)cc1. The molecule has 0 N–H and O–H groups in total. The maximum Gasteiger partial charge on any atom is 0.0468 e. The Morgan fingerprint density at radius 2 is 0.651 bits per heavy atom. The summed E-state index contributed by atoms with van der Waals surface area (Å²) in [7, 11) is 0. The predicted molar refractivity (Wildman–Crippen MR) is 259 cm³/mol. The first-order chi connectivity index (χ1) is 31.1. The van der Waals surface area contributed by atoms with Crippen LogP contribution < -0.4 is 4.90 Å². The summed E-state index contributed by atoms with van der Waals surface area (Å²) < 4.78 is 0. The number of nitrogens with zero attached hydrogens (tertiary/aromatic N) is 1. The fraction of sp³-hybridized carbons (Fsp3) is 0.323. The van der Waals surface area contributed by atoms with Gasteiger partial charge in [-0.2, -0.15) is 0 Å². The smallest absolute Gasteiger partial charge is 0.0468 e. The average Bonchev–Trinajstić information content (AvgIpc) is 3.78. The van der Waals surface area contributed by atoms with E-state index in [4.69, 9.17) is 0 Å². The Morgan fingerprint density at radius 1 is 0.286 bits per heavy atom. The van der Waals surface area contributed by atoms with Gasteiger partial charge in [0.1, 0.15) is 0 Å². The van der Waals surface area contributed by atoms with Crippen LogP contribution >= 0.6 is 0 Å². The van der Waals surface area contributed by atoms with Gasteiger partial charge < -0.3 is 4.90 Å². The monoisotopic (exact) mass is 813 g/mol. The predicted octanol–water partition coefficient (Wildman–Crippen LogP) is 15.9. The van der Waals surface area contributed by atoms with E-state index in [-0.39, 0.29) is 10.8 Å². The van der Waals surface area contributed by atoms with Crippen LogP contribution in [0.4, 0.5) is 17.1 Å². The molecule has 0 atom stereocenters. The van der Waals surface area contributed by atoms with Crippen molar-refractivity contribution in [1.29, 1.82) is 0 Å². The molecule has 0 unspecified atom stereocenters. The zero-order valence-electron chi connectivity index (χ0n) is 36.2. The van der Waals surface area contributed by atoms with Crippen molar-refractivity contribution in [3.8, 4) is 44.5 Å². The highest BCUT2D eigenvalue weighted by Gasteiger charge is 2.63.